The fraction of sp³-hybridized carbons (Fsp3) is 0.0769. The third-order valence-electron chi connectivity index (χ3n) is 9.87. The summed E-state index contributed by atoms with van der Waals surface area (Å²) in [6, 6.07) is 49.4. The summed E-state index contributed by atoms with van der Waals surface area (Å²) in [5, 5.41) is 2.65. The average Bonchev–Trinajstić information content (AvgIpc) is 3.56. The quantitative estimate of drug-likeness (QED) is 0.189. The molecule has 1 aromatic heterocycles. The lowest BCUT2D eigenvalue weighted by Crippen LogP contribution is -2.63. The van der Waals surface area contributed by atoms with Crippen molar-refractivity contribution in [3.05, 3.63) is 133 Å². The Morgan fingerprint density at radius 3 is 2.07 bits per heavy atom. The molecule has 7 aromatic rings. The maximum Gasteiger partial charge on any atom is 0.252 e. The van der Waals surface area contributed by atoms with E-state index in [1.165, 1.54) is 76.4 Å². The summed E-state index contributed by atoms with van der Waals surface area (Å²) >= 11 is 1.90. The Kier molecular flexibility index (Phi) is 4.75. The first-order valence-corrected chi connectivity index (χ1v) is 16.2. The minimum absolute atomic E-state index is 0.146. The largest absolute Gasteiger partial charge is 0.317 e. The van der Waals surface area contributed by atoms with Crippen LogP contribution in [0.3, 0.4) is 0 Å². The minimum Gasteiger partial charge on any atom is -0.317 e. The van der Waals surface area contributed by atoms with E-state index >= 15 is 0 Å². The van der Waals surface area contributed by atoms with Gasteiger partial charge in [0.05, 0.1) is 21.8 Å². The van der Waals surface area contributed by atoms with Gasteiger partial charge in [-0.05, 0) is 78.8 Å². The van der Waals surface area contributed by atoms with Crippen molar-refractivity contribution in [1.29, 1.82) is 0 Å². The first-order valence-electron chi connectivity index (χ1n) is 15.3. The first kappa shape index (κ1) is 24.4. The average molecular weight is 582 g/mol. The van der Waals surface area contributed by atoms with Gasteiger partial charge in [0.1, 0.15) is 5.66 Å². The van der Waals surface area contributed by atoms with Crippen molar-refractivity contribution in [2.24, 2.45) is 0 Å². The van der Waals surface area contributed by atoms with Crippen molar-refractivity contribution in [3.8, 4) is 0 Å². The van der Waals surface area contributed by atoms with Gasteiger partial charge in [-0.3, -0.25) is 0 Å². The maximum atomic E-state index is 2.60. The second-order valence-electron chi connectivity index (χ2n) is 12.5. The van der Waals surface area contributed by atoms with E-state index in [9.17, 15) is 0 Å². The van der Waals surface area contributed by atoms with Gasteiger partial charge in [0.25, 0.3) is 6.71 Å². The summed E-state index contributed by atoms with van der Waals surface area (Å²) in [4.78, 5) is 7.66. The van der Waals surface area contributed by atoms with Gasteiger partial charge in [-0.2, -0.15) is 0 Å². The third-order valence-corrected chi connectivity index (χ3v) is 11.1. The second-order valence-corrected chi connectivity index (χ2v) is 13.6. The fourth-order valence-electron chi connectivity index (χ4n) is 8.26. The van der Waals surface area contributed by atoms with Crippen LogP contribution < -0.4 is 31.1 Å². The number of nitrogens with zero attached hydrogens (tertiary/aromatic N) is 3. The summed E-state index contributed by atoms with van der Waals surface area (Å²) in [6.07, 6.45) is 0. The molecule has 0 bridgehead atoms. The predicted molar refractivity (Wildman–Crippen MR) is 190 cm³/mol. The molecule has 0 atom stereocenters. The molecule has 0 amide bonds. The van der Waals surface area contributed by atoms with Gasteiger partial charge >= 0.3 is 0 Å². The van der Waals surface area contributed by atoms with E-state index in [1.807, 2.05) is 11.3 Å². The first-order chi connectivity index (χ1) is 21.6. The zero-order valence-corrected chi connectivity index (χ0v) is 25.3. The van der Waals surface area contributed by atoms with Gasteiger partial charge < -0.3 is 14.7 Å². The zero-order valence-electron chi connectivity index (χ0n) is 24.5. The summed E-state index contributed by atoms with van der Waals surface area (Å²) in [5.74, 6) is 0. The van der Waals surface area contributed by atoms with Crippen LogP contribution in [0.15, 0.2) is 133 Å². The molecule has 0 unspecified atom stereocenters. The standard InChI is InChI=1S/C39H28BN3S/c1-39(2)42(25-13-4-3-5-14-25)33-22-11-18-29-37(33)43(39)32-21-12-20-31-36(32)40(29)28-17-7-8-19-30(28)41(31)34-23-10-16-27-26-15-6-9-24-35(26)44-38(27)34/h3-24H,1-2H3. The Morgan fingerprint density at radius 2 is 1.16 bits per heavy atom. The molecule has 6 aromatic carbocycles. The van der Waals surface area contributed by atoms with Crippen molar-refractivity contribution < 1.29 is 0 Å². The van der Waals surface area contributed by atoms with Crippen LogP contribution in [0.5, 0.6) is 0 Å². The molecule has 0 spiro atoms. The van der Waals surface area contributed by atoms with E-state index < -0.39 is 0 Å². The Labute approximate surface area is 261 Å². The number of hydrogen-bond acceptors (Lipinski definition) is 4. The normalized spacial score (nSPS) is 15.5. The summed E-state index contributed by atoms with van der Waals surface area (Å²) < 4.78 is 2.66. The molecule has 3 aliphatic heterocycles. The summed E-state index contributed by atoms with van der Waals surface area (Å²) in [7, 11) is 0. The highest BCUT2D eigenvalue weighted by atomic mass is 32.1. The zero-order chi connectivity index (χ0) is 29.2. The number of anilines is 7. The Bertz CT molecular complexity index is 2310. The van der Waals surface area contributed by atoms with Crippen LogP contribution in [0, 0.1) is 0 Å². The molecule has 0 fully saturated rings. The molecule has 4 heterocycles. The smallest absolute Gasteiger partial charge is 0.252 e. The molecule has 5 heteroatoms. The molecular weight excluding hydrogens is 553 g/mol. The van der Waals surface area contributed by atoms with Crippen molar-refractivity contribution in [2.45, 2.75) is 19.5 Å². The van der Waals surface area contributed by atoms with E-state index in [-0.39, 0.29) is 12.4 Å². The number of fused-ring (bicyclic) bond motifs is 7. The molecule has 0 aliphatic carbocycles. The Balaban J connectivity index is 1.28. The summed E-state index contributed by atoms with van der Waals surface area (Å²) in [6.45, 7) is 4.86. The topological polar surface area (TPSA) is 9.72 Å². The Morgan fingerprint density at radius 1 is 0.523 bits per heavy atom. The van der Waals surface area contributed by atoms with Crippen molar-refractivity contribution >= 4 is 94.4 Å². The molecule has 0 radical (unpaired) electrons. The van der Waals surface area contributed by atoms with E-state index in [1.54, 1.807) is 0 Å². The third kappa shape index (κ3) is 2.97. The van der Waals surface area contributed by atoms with Crippen molar-refractivity contribution in [1.82, 2.24) is 0 Å². The lowest BCUT2D eigenvalue weighted by molar-refractivity contribution is 0.541. The molecule has 3 aliphatic rings. The predicted octanol–water partition coefficient (Wildman–Crippen LogP) is 8.69. The Hall–Kier alpha value is -5.00. The van der Waals surface area contributed by atoms with Crippen LogP contribution >= 0.6 is 11.3 Å². The molecule has 0 saturated heterocycles. The van der Waals surface area contributed by atoms with Gasteiger partial charge in [0, 0.05) is 38.2 Å². The van der Waals surface area contributed by atoms with Crippen LogP contribution in [0.25, 0.3) is 20.2 Å². The molecule has 3 nitrogen and oxygen atoms in total. The maximum absolute atomic E-state index is 2.60. The number of rotatable bonds is 2. The van der Waals surface area contributed by atoms with Crippen LogP contribution in [0.2, 0.25) is 0 Å². The number of thiophene rings is 1. The monoisotopic (exact) mass is 581 g/mol. The SMILES string of the molecule is CC1(C)N(c2ccccc2)c2cccc3c2N1c1cccc2c1B3c1ccccc1N2c1cccc2c1sc1ccccc12. The lowest BCUT2D eigenvalue weighted by atomic mass is 9.33. The van der Waals surface area contributed by atoms with Crippen LogP contribution in [-0.4, -0.2) is 12.4 Å². The molecule has 0 N–H and O–H groups in total. The molecule has 10 rings (SSSR count). The molecule has 208 valence electrons. The highest BCUT2D eigenvalue weighted by Gasteiger charge is 2.52. The lowest BCUT2D eigenvalue weighted by Gasteiger charge is -2.47. The highest BCUT2D eigenvalue weighted by Crippen LogP contribution is 2.54. The number of hydrogen-bond donors (Lipinski definition) is 0. The van der Waals surface area contributed by atoms with E-state index in [2.05, 4.69) is 162 Å². The number of para-hydroxylation sites is 3. The fourth-order valence-corrected chi connectivity index (χ4v) is 9.47. The van der Waals surface area contributed by atoms with Crippen LogP contribution in [0.1, 0.15) is 13.8 Å². The molecule has 44 heavy (non-hydrogen) atoms. The van der Waals surface area contributed by atoms with E-state index in [0.29, 0.717) is 0 Å². The molecule has 0 saturated carbocycles. The van der Waals surface area contributed by atoms with Gasteiger partial charge in [-0.15, -0.1) is 11.3 Å². The van der Waals surface area contributed by atoms with Gasteiger partial charge in [-0.1, -0.05) is 84.9 Å². The van der Waals surface area contributed by atoms with Crippen molar-refractivity contribution in [2.75, 3.05) is 14.7 Å². The number of benzene rings is 6. The summed E-state index contributed by atoms with van der Waals surface area (Å²) in [5.41, 5.74) is 12.7. The highest BCUT2D eigenvalue weighted by molar-refractivity contribution is 7.26. The van der Waals surface area contributed by atoms with Gasteiger partial charge in [-0.25, -0.2) is 0 Å². The van der Waals surface area contributed by atoms with E-state index in [0.717, 1.165) is 0 Å². The van der Waals surface area contributed by atoms with Gasteiger partial charge in [0.2, 0.25) is 0 Å². The van der Waals surface area contributed by atoms with Crippen molar-refractivity contribution in [3.63, 3.8) is 0 Å². The van der Waals surface area contributed by atoms with Gasteiger partial charge in [0.15, 0.2) is 0 Å². The minimum atomic E-state index is -0.312. The van der Waals surface area contributed by atoms with Crippen LogP contribution in [-0.2, 0) is 0 Å². The second kappa shape index (κ2) is 8.55. The van der Waals surface area contributed by atoms with Crippen LogP contribution in [0.4, 0.5) is 39.8 Å². The van der Waals surface area contributed by atoms with E-state index in [4.69, 9.17) is 0 Å². The molecular formula is C39H28BN3S.